The quantitative estimate of drug-likeness (QED) is 0.926. The number of amides is 1. The van der Waals surface area contributed by atoms with Crippen LogP contribution in [0.15, 0.2) is 18.6 Å². The number of rotatable bonds is 3. The summed E-state index contributed by atoms with van der Waals surface area (Å²) in [5.41, 5.74) is -0.471. The summed E-state index contributed by atoms with van der Waals surface area (Å²) in [5, 5.41) is 2.86. The van der Waals surface area contributed by atoms with Gasteiger partial charge in [0.25, 0.3) is 0 Å². The zero-order chi connectivity index (χ0) is 15.3. The number of anilines is 1. The highest BCUT2D eigenvalue weighted by atomic mass is 16.6. The van der Waals surface area contributed by atoms with Gasteiger partial charge in [-0.2, -0.15) is 0 Å². The number of hydrogen-bond acceptors (Lipinski definition) is 5. The Bertz CT molecular complexity index is 458. The molecule has 0 aromatic carbocycles. The zero-order valence-corrected chi connectivity index (χ0v) is 13.0. The van der Waals surface area contributed by atoms with Crippen molar-refractivity contribution < 1.29 is 9.53 Å². The van der Waals surface area contributed by atoms with Gasteiger partial charge >= 0.3 is 6.09 Å². The highest BCUT2D eigenvalue weighted by molar-refractivity contribution is 5.67. The van der Waals surface area contributed by atoms with Crippen molar-refractivity contribution in [3.63, 3.8) is 0 Å². The van der Waals surface area contributed by atoms with Gasteiger partial charge in [0.2, 0.25) is 0 Å². The van der Waals surface area contributed by atoms with Crippen molar-refractivity contribution in [1.29, 1.82) is 0 Å². The Morgan fingerprint density at radius 2 is 2.24 bits per heavy atom. The second-order valence-corrected chi connectivity index (χ2v) is 6.29. The maximum absolute atomic E-state index is 11.8. The second-order valence-electron chi connectivity index (χ2n) is 6.29. The van der Waals surface area contributed by atoms with Crippen molar-refractivity contribution in [3.8, 4) is 0 Å². The van der Waals surface area contributed by atoms with Gasteiger partial charge in [-0.3, -0.25) is 4.98 Å². The smallest absolute Gasteiger partial charge is 0.407 e. The predicted octanol–water partition coefficient (Wildman–Crippen LogP) is 2.36. The molecule has 6 heteroatoms. The Morgan fingerprint density at radius 3 is 2.90 bits per heavy atom. The van der Waals surface area contributed by atoms with Crippen LogP contribution in [0.25, 0.3) is 0 Å². The first-order valence-electron chi connectivity index (χ1n) is 7.45. The van der Waals surface area contributed by atoms with E-state index in [4.69, 9.17) is 4.74 Å². The summed E-state index contributed by atoms with van der Waals surface area (Å²) >= 11 is 0. The molecule has 21 heavy (non-hydrogen) atoms. The van der Waals surface area contributed by atoms with E-state index in [0.717, 1.165) is 31.6 Å². The minimum Gasteiger partial charge on any atom is -0.444 e. The molecule has 0 radical (unpaired) electrons. The number of nitrogens with zero attached hydrogens (tertiary/aromatic N) is 3. The molecule has 1 unspecified atom stereocenters. The number of aromatic nitrogens is 2. The maximum Gasteiger partial charge on any atom is 0.407 e. The summed E-state index contributed by atoms with van der Waals surface area (Å²) < 4.78 is 5.27. The van der Waals surface area contributed by atoms with Gasteiger partial charge in [0.15, 0.2) is 0 Å². The van der Waals surface area contributed by atoms with Crippen LogP contribution in [0.4, 0.5) is 10.6 Å². The molecule has 1 amide bonds. The van der Waals surface area contributed by atoms with Crippen LogP contribution in [-0.2, 0) is 4.74 Å². The highest BCUT2D eigenvalue weighted by Gasteiger charge is 2.25. The molecular formula is C15H24N4O2. The largest absolute Gasteiger partial charge is 0.444 e. The Morgan fingerprint density at radius 1 is 1.43 bits per heavy atom. The van der Waals surface area contributed by atoms with E-state index in [2.05, 4.69) is 20.2 Å². The molecule has 2 rings (SSSR count). The van der Waals surface area contributed by atoms with Crippen molar-refractivity contribution in [2.45, 2.75) is 51.7 Å². The molecular weight excluding hydrogens is 268 g/mol. The van der Waals surface area contributed by atoms with Gasteiger partial charge in [0, 0.05) is 31.5 Å². The Balaban J connectivity index is 1.92. The summed E-state index contributed by atoms with van der Waals surface area (Å²) in [6.07, 6.45) is 8.10. The molecule has 1 saturated heterocycles. The van der Waals surface area contributed by atoms with Gasteiger partial charge in [-0.15, -0.1) is 0 Å². The van der Waals surface area contributed by atoms with Crippen LogP contribution < -0.4 is 10.2 Å². The third-order valence-electron chi connectivity index (χ3n) is 3.35. The fourth-order valence-corrected chi connectivity index (χ4v) is 2.47. The standard InChI is InChI=1S/C15H24N4O2/c1-15(2,3)21-14(20)18-10-12-6-4-5-9-19(12)13-11-16-7-8-17-13/h7-8,11-12H,4-6,9-10H2,1-3H3,(H,18,20). The predicted molar refractivity (Wildman–Crippen MR) is 81.3 cm³/mol. The van der Waals surface area contributed by atoms with Crippen molar-refractivity contribution >= 4 is 11.9 Å². The fourth-order valence-electron chi connectivity index (χ4n) is 2.47. The maximum atomic E-state index is 11.8. The third-order valence-corrected chi connectivity index (χ3v) is 3.35. The lowest BCUT2D eigenvalue weighted by Crippen LogP contribution is -2.48. The number of nitrogens with one attached hydrogen (secondary N) is 1. The van der Waals surface area contributed by atoms with Crippen molar-refractivity contribution in [2.24, 2.45) is 0 Å². The molecule has 1 aliphatic heterocycles. The molecule has 1 fully saturated rings. The Kier molecular flexibility index (Phi) is 4.98. The molecule has 6 nitrogen and oxygen atoms in total. The molecule has 1 atom stereocenters. The van der Waals surface area contributed by atoms with Crippen LogP contribution in [0.5, 0.6) is 0 Å². The summed E-state index contributed by atoms with van der Waals surface area (Å²) in [6, 6.07) is 0.239. The Labute approximate surface area is 125 Å². The lowest BCUT2D eigenvalue weighted by atomic mass is 10.0. The number of alkyl carbamates (subject to hydrolysis) is 1. The average molecular weight is 292 g/mol. The molecule has 0 bridgehead atoms. The molecule has 1 aromatic rings. The van der Waals surface area contributed by atoms with Gasteiger partial charge in [-0.1, -0.05) is 0 Å². The van der Waals surface area contributed by atoms with Crippen LogP contribution in [0.1, 0.15) is 40.0 Å². The van der Waals surface area contributed by atoms with Crippen LogP contribution in [0.2, 0.25) is 0 Å². The number of carbonyl (C=O) groups is 1. The molecule has 0 aliphatic carbocycles. The minimum atomic E-state index is -0.471. The topological polar surface area (TPSA) is 67.3 Å². The summed E-state index contributed by atoms with van der Waals surface area (Å²) in [5.74, 6) is 0.869. The van der Waals surface area contributed by atoms with Crippen LogP contribution >= 0.6 is 0 Å². The van der Waals surface area contributed by atoms with E-state index in [0.29, 0.717) is 6.54 Å². The van der Waals surface area contributed by atoms with E-state index in [1.54, 1.807) is 18.6 Å². The van der Waals surface area contributed by atoms with Crippen molar-refractivity contribution in [1.82, 2.24) is 15.3 Å². The molecule has 116 valence electrons. The van der Waals surface area contributed by atoms with Crippen LogP contribution in [0, 0.1) is 0 Å². The van der Waals surface area contributed by atoms with E-state index < -0.39 is 5.60 Å². The monoisotopic (exact) mass is 292 g/mol. The fraction of sp³-hybridized carbons (Fsp3) is 0.667. The van der Waals surface area contributed by atoms with E-state index in [-0.39, 0.29) is 12.1 Å². The summed E-state index contributed by atoms with van der Waals surface area (Å²) in [4.78, 5) is 22.5. The van der Waals surface area contributed by atoms with Crippen molar-refractivity contribution in [3.05, 3.63) is 18.6 Å². The average Bonchev–Trinajstić information content (AvgIpc) is 2.45. The van der Waals surface area contributed by atoms with Gasteiger partial charge in [-0.05, 0) is 40.0 Å². The second kappa shape index (κ2) is 6.74. The molecule has 1 N–H and O–H groups in total. The minimum absolute atomic E-state index is 0.239. The molecule has 1 aliphatic rings. The highest BCUT2D eigenvalue weighted by Crippen LogP contribution is 2.21. The SMILES string of the molecule is CC(C)(C)OC(=O)NCC1CCCCN1c1cnccn1. The molecule has 0 saturated carbocycles. The number of hydrogen-bond donors (Lipinski definition) is 1. The summed E-state index contributed by atoms with van der Waals surface area (Å²) in [7, 11) is 0. The van der Waals surface area contributed by atoms with Gasteiger partial charge < -0.3 is 15.0 Å². The van der Waals surface area contributed by atoms with Gasteiger partial charge in [0.1, 0.15) is 11.4 Å². The van der Waals surface area contributed by atoms with E-state index in [1.807, 2.05) is 20.8 Å². The number of piperidine rings is 1. The number of ether oxygens (including phenoxy) is 1. The lowest BCUT2D eigenvalue weighted by molar-refractivity contribution is 0.0523. The first kappa shape index (κ1) is 15.5. The molecule has 1 aromatic heterocycles. The van der Waals surface area contributed by atoms with E-state index in [9.17, 15) is 4.79 Å². The first-order valence-corrected chi connectivity index (χ1v) is 7.45. The van der Waals surface area contributed by atoms with E-state index >= 15 is 0 Å². The van der Waals surface area contributed by atoms with Gasteiger partial charge in [-0.25, -0.2) is 9.78 Å². The van der Waals surface area contributed by atoms with Crippen LogP contribution in [-0.4, -0.2) is 40.8 Å². The van der Waals surface area contributed by atoms with E-state index in [1.165, 1.54) is 0 Å². The zero-order valence-electron chi connectivity index (χ0n) is 13.0. The Hall–Kier alpha value is -1.85. The normalized spacial score (nSPS) is 19.2. The van der Waals surface area contributed by atoms with Crippen molar-refractivity contribution in [2.75, 3.05) is 18.0 Å². The lowest BCUT2D eigenvalue weighted by Gasteiger charge is -2.36. The summed E-state index contributed by atoms with van der Waals surface area (Å²) in [6.45, 7) is 7.09. The number of carbonyl (C=O) groups excluding carboxylic acids is 1. The van der Waals surface area contributed by atoms with Crippen LogP contribution in [0.3, 0.4) is 0 Å². The van der Waals surface area contributed by atoms with Gasteiger partial charge in [0.05, 0.1) is 6.20 Å². The first-order chi connectivity index (χ1) is 9.96. The molecule has 0 spiro atoms. The third kappa shape index (κ3) is 4.88. The molecule has 2 heterocycles.